The van der Waals surface area contributed by atoms with Crippen molar-refractivity contribution in [1.82, 2.24) is 0 Å². The average molecular weight is 379 g/mol. The van der Waals surface area contributed by atoms with Gasteiger partial charge in [0.1, 0.15) is 5.75 Å². The third-order valence-electron chi connectivity index (χ3n) is 2.66. The smallest absolute Gasteiger partial charge is 0.248 e. The van der Waals surface area contributed by atoms with Crippen molar-refractivity contribution in [2.75, 3.05) is 12.4 Å². The van der Waals surface area contributed by atoms with Crippen LogP contribution in [0.25, 0.3) is 6.08 Å². The fraction of sp³-hybridized carbons (Fsp3) is 0.0625. The molecule has 1 amide bonds. The minimum atomic E-state index is -0.169. The third-order valence-corrected chi connectivity index (χ3v) is 3.38. The lowest BCUT2D eigenvalue weighted by Crippen LogP contribution is -2.07. The number of benzene rings is 2. The van der Waals surface area contributed by atoms with Crippen LogP contribution in [0.3, 0.4) is 0 Å². The van der Waals surface area contributed by atoms with Crippen LogP contribution in [0.15, 0.2) is 54.6 Å². The molecule has 3 nitrogen and oxygen atoms in total. The van der Waals surface area contributed by atoms with E-state index in [1.165, 1.54) is 6.08 Å². The zero-order chi connectivity index (χ0) is 14.4. The number of amides is 1. The SMILES string of the molecule is COc1ccccc1/C=C/C(=O)Nc1ccc(I)cc1. The summed E-state index contributed by atoms with van der Waals surface area (Å²) in [5, 5.41) is 2.81. The molecule has 102 valence electrons. The number of rotatable bonds is 4. The molecule has 0 aliphatic carbocycles. The molecule has 20 heavy (non-hydrogen) atoms. The Bertz CT molecular complexity index is 621. The van der Waals surface area contributed by atoms with Crippen molar-refractivity contribution in [2.24, 2.45) is 0 Å². The number of anilines is 1. The number of nitrogens with one attached hydrogen (secondary N) is 1. The monoisotopic (exact) mass is 379 g/mol. The molecular weight excluding hydrogens is 365 g/mol. The van der Waals surface area contributed by atoms with Crippen LogP contribution in [0.2, 0.25) is 0 Å². The molecule has 0 aliphatic rings. The highest BCUT2D eigenvalue weighted by Gasteiger charge is 2.00. The Morgan fingerprint density at radius 3 is 2.55 bits per heavy atom. The lowest BCUT2D eigenvalue weighted by molar-refractivity contribution is -0.111. The molecule has 2 aromatic carbocycles. The summed E-state index contributed by atoms with van der Waals surface area (Å²) in [4.78, 5) is 11.8. The molecule has 2 rings (SSSR count). The van der Waals surface area contributed by atoms with Gasteiger partial charge in [-0.05, 0) is 59.0 Å². The first-order chi connectivity index (χ1) is 9.69. The number of hydrogen-bond acceptors (Lipinski definition) is 2. The van der Waals surface area contributed by atoms with Crippen LogP contribution in [0.1, 0.15) is 5.56 Å². The molecule has 4 heteroatoms. The van der Waals surface area contributed by atoms with Gasteiger partial charge in [-0.3, -0.25) is 4.79 Å². The van der Waals surface area contributed by atoms with Gasteiger partial charge in [0.2, 0.25) is 5.91 Å². The largest absolute Gasteiger partial charge is 0.496 e. The van der Waals surface area contributed by atoms with E-state index in [0.29, 0.717) is 0 Å². The number of methoxy groups -OCH3 is 1. The van der Waals surface area contributed by atoms with Crippen molar-refractivity contribution in [2.45, 2.75) is 0 Å². The lowest BCUT2D eigenvalue weighted by atomic mass is 10.2. The maximum atomic E-state index is 11.8. The van der Waals surface area contributed by atoms with Crippen LogP contribution in [0.5, 0.6) is 5.75 Å². The zero-order valence-corrected chi connectivity index (χ0v) is 13.1. The van der Waals surface area contributed by atoms with Gasteiger partial charge in [-0.15, -0.1) is 0 Å². The van der Waals surface area contributed by atoms with Crippen molar-refractivity contribution in [3.8, 4) is 5.75 Å². The van der Waals surface area contributed by atoms with E-state index in [4.69, 9.17) is 4.74 Å². The molecule has 1 N–H and O–H groups in total. The van der Waals surface area contributed by atoms with E-state index in [1.54, 1.807) is 13.2 Å². The van der Waals surface area contributed by atoms with Gasteiger partial charge in [-0.25, -0.2) is 0 Å². The molecule has 0 aromatic heterocycles. The second-order valence-corrected chi connectivity index (χ2v) is 5.32. The first kappa shape index (κ1) is 14.6. The number of halogens is 1. The summed E-state index contributed by atoms with van der Waals surface area (Å²) in [5.41, 5.74) is 1.65. The van der Waals surface area contributed by atoms with E-state index in [2.05, 4.69) is 27.9 Å². The first-order valence-corrected chi connectivity index (χ1v) is 7.14. The maximum Gasteiger partial charge on any atom is 0.248 e. The predicted octanol–water partition coefficient (Wildman–Crippen LogP) is 3.95. The summed E-state index contributed by atoms with van der Waals surface area (Å²) in [5.74, 6) is 0.572. The van der Waals surface area contributed by atoms with Gasteiger partial charge in [0, 0.05) is 20.9 Å². The summed E-state index contributed by atoms with van der Waals surface area (Å²) in [6.45, 7) is 0. The number of ether oxygens (including phenoxy) is 1. The van der Waals surface area contributed by atoms with Crippen molar-refractivity contribution in [3.63, 3.8) is 0 Å². The molecule has 0 bridgehead atoms. The predicted molar refractivity (Wildman–Crippen MR) is 89.8 cm³/mol. The van der Waals surface area contributed by atoms with E-state index in [-0.39, 0.29) is 5.91 Å². The molecule has 0 spiro atoms. The molecule has 0 radical (unpaired) electrons. The molecule has 0 aliphatic heterocycles. The van der Waals surface area contributed by atoms with Crippen LogP contribution in [0, 0.1) is 3.57 Å². The summed E-state index contributed by atoms with van der Waals surface area (Å²) in [7, 11) is 1.61. The van der Waals surface area contributed by atoms with Crippen LogP contribution >= 0.6 is 22.6 Å². The van der Waals surface area contributed by atoms with Gasteiger partial charge in [0.15, 0.2) is 0 Å². The highest BCUT2D eigenvalue weighted by Crippen LogP contribution is 2.18. The maximum absolute atomic E-state index is 11.8. The van der Waals surface area contributed by atoms with Gasteiger partial charge in [-0.1, -0.05) is 18.2 Å². The Labute approximate surface area is 131 Å². The van der Waals surface area contributed by atoms with Gasteiger partial charge in [0.05, 0.1) is 7.11 Å². The highest BCUT2D eigenvalue weighted by atomic mass is 127. The number of para-hydroxylation sites is 1. The van der Waals surface area contributed by atoms with Gasteiger partial charge >= 0.3 is 0 Å². The summed E-state index contributed by atoms with van der Waals surface area (Å²) < 4.78 is 6.36. The molecular formula is C16H14INO2. The van der Waals surface area contributed by atoms with Crippen LogP contribution in [0.4, 0.5) is 5.69 Å². The number of carbonyl (C=O) groups excluding carboxylic acids is 1. The van der Waals surface area contributed by atoms with Gasteiger partial charge < -0.3 is 10.1 Å². The normalized spacial score (nSPS) is 10.5. The second kappa shape index (κ2) is 7.09. The Morgan fingerprint density at radius 2 is 1.85 bits per heavy atom. The first-order valence-electron chi connectivity index (χ1n) is 6.06. The van der Waals surface area contributed by atoms with Gasteiger partial charge in [-0.2, -0.15) is 0 Å². The Kier molecular flexibility index (Phi) is 5.17. The van der Waals surface area contributed by atoms with E-state index >= 15 is 0 Å². The fourth-order valence-electron chi connectivity index (χ4n) is 1.69. The molecule has 0 heterocycles. The topological polar surface area (TPSA) is 38.3 Å². The van der Waals surface area contributed by atoms with Crippen LogP contribution in [-0.4, -0.2) is 13.0 Å². The minimum Gasteiger partial charge on any atom is -0.496 e. The van der Waals surface area contributed by atoms with E-state index in [0.717, 1.165) is 20.6 Å². The van der Waals surface area contributed by atoms with E-state index in [9.17, 15) is 4.79 Å². The Balaban J connectivity index is 2.04. The Morgan fingerprint density at radius 1 is 1.15 bits per heavy atom. The summed E-state index contributed by atoms with van der Waals surface area (Å²) in [6, 6.07) is 15.2. The summed E-state index contributed by atoms with van der Waals surface area (Å²) in [6.07, 6.45) is 3.23. The molecule has 0 saturated heterocycles. The zero-order valence-electron chi connectivity index (χ0n) is 11.0. The second-order valence-electron chi connectivity index (χ2n) is 4.07. The van der Waals surface area contributed by atoms with Crippen molar-refractivity contribution >= 4 is 40.3 Å². The fourth-order valence-corrected chi connectivity index (χ4v) is 2.05. The van der Waals surface area contributed by atoms with Gasteiger partial charge in [0.25, 0.3) is 0 Å². The van der Waals surface area contributed by atoms with Crippen LogP contribution < -0.4 is 10.1 Å². The standard InChI is InChI=1S/C16H14INO2/c1-20-15-5-3-2-4-12(15)6-11-16(19)18-14-9-7-13(17)8-10-14/h2-11H,1H3,(H,18,19)/b11-6+. The highest BCUT2D eigenvalue weighted by molar-refractivity contribution is 14.1. The van der Waals surface area contributed by atoms with Crippen molar-refractivity contribution in [3.05, 3.63) is 63.7 Å². The molecule has 0 unspecified atom stereocenters. The molecule has 2 aromatic rings. The average Bonchev–Trinajstić information content (AvgIpc) is 2.48. The van der Waals surface area contributed by atoms with Crippen molar-refractivity contribution < 1.29 is 9.53 Å². The van der Waals surface area contributed by atoms with Crippen LogP contribution in [-0.2, 0) is 4.79 Å². The van der Waals surface area contributed by atoms with E-state index in [1.807, 2.05) is 48.5 Å². The quantitative estimate of drug-likeness (QED) is 0.646. The number of carbonyl (C=O) groups is 1. The Hall–Kier alpha value is -1.82. The third kappa shape index (κ3) is 4.09. The lowest BCUT2D eigenvalue weighted by Gasteiger charge is -2.04. The van der Waals surface area contributed by atoms with Crippen molar-refractivity contribution in [1.29, 1.82) is 0 Å². The number of hydrogen-bond donors (Lipinski definition) is 1. The molecule has 0 fully saturated rings. The summed E-state index contributed by atoms with van der Waals surface area (Å²) >= 11 is 2.22. The molecule has 0 atom stereocenters. The van der Waals surface area contributed by atoms with E-state index < -0.39 is 0 Å². The molecule has 0 saturated carbocycles. The minimum absolute atomic E-state index is 0.169.